The van der Waals surface area contributed by atoms with E-state index in [2.05, 4.69) is 17.6 Å². The molecule has 3 heteroatoms. The van der Waals surface area contributed by atoms with Crippen LogP contribution in [0.15, 0.2) is 0 Å². The van der Waals surface area contributed by atoms with Crippen LogP contribution in [0.4, 0.5) is 0 Å². The molecule has 1 atom stereocenters. The van der Waals surface area contributed by atoms with Gasteiger partial charge in [0.1, 0.15) is 0 Å². The molecule has 76 valence electrons. The van der Waals surface area contributed by atoms with Gasteiger partial charge in [0, 0.05) is 26.1 Å². The third-order valence-electron chi connectivity index (χ3n) is 2.38. The van der Waals surface area contributed by atoms with E-state index in [9.17, 15) is 4.79 Å². The highest BCUT2D eigenvalue weighted by atomic mass is 16.1. The average Bonchev–Trinajstić information content (AvgIpc) is 2.81. The van der Waals surface area contributed by atoms with Crippen molar-refractivity contribution in [3.05, 3.63) is 0 Å². The number of rotatable bonds is 6. The second-order valence-electron chi connectivity index (χ2n) is 4.02. The molecule has 1 fully saturated rings. The number of hydrogen-bond acceptors (Lipinski definition) is 2. The van der Waals surface area contributed by atoms with Gasteiger partial charge in [0.25, 0.3) is 0 Å². The van der Waals surface area contributed by atoms with Gasteiger partial charge in [0.2, 0.25) is 5.91 Å². The van der Waals surface area contributed by atoms with Crippen LogP contribution in [0.25, 0.3) is 0 Å². The number of carbonyl (C=O) groups excluding carboxylic acids is 1. The second kappa shape index (κ2) is 5.22. The highest BCUT2D eigenvalue weighted by Gasteiger charge is 2.22. The van der Waals surface area contributed by atoms with Crippen LogP contribution in [0.2, 0.25) is 0 Å². The summed E-state index contributed by atoms with van der Waals surface area (Å²) in [7, 11) is 0. The highest BCUT2D eigenvalue weighted by Crippen LogP contribution is 2.33. The molecule has 0 aromatic rings. The lowest BCUT2D eigenvalue weighted by molar-refractivity contribution is -0.118. The zero-order valence-electron chi connectivity index (χ0n) is 8.60. The van der Waals surface area contributed by atoms with Crippen molar-refractivity contribution in [3.63, 3.8) is 0 Å². The van der Waals surface area contributed by atoms with E-state index in [-0.39, 0.29) is 5.91 Å². The summed E-state index contributed by atoms with van der Waals surface area (Å²) < 4.78 is 0. The number of nitrogens with one attached hydrogen (secondary N) is 2. The van der Waals surface area contributed by atoms with E-state index in [0.717, 1.165) is 19.0 Å². The van der Waals surface area contributed by atoms with Gasteiger partial charge in [-0.15, -0.1) is 0 Å². The molecule has 13 heavy (non-hydrogen) atoms. The molecule has 0 heterocycles. The lowest BCUT2D eigenvalue weighted by Gasteiger charge is -2.12. The molecule has 1 saturated carbocycles. The fourth-order valence-electron chi connectivity index (χ4n) is 1.49. The van der Waals surface area contributed by atoms with Gasteiger partial charge in [-0.05, 0) is 19.3 Å². The van der Waals surface area contributed by atoms with Crippen molar-refractivity contribution in [1.82, 2.24) is 10.6 Å². The Balaban J connectivity index is 1.88. The SMILES string of the molecule is CC(=O)NCCNC(C)CC1CC1. The van der Waals surface area contributed by atoms with E-state index in [1.165, 1.54) is 19.3 Å². The van der Waals surface area contributed by atoms with Crippen LogP contribution < -0.4 is 10.6 Å². The van der Waals surface area contributed by atoms with Gasteiger partial charge < -0.3 is 10.6 Å². The van der Waals surface area contributed by atoms with Crippen molar-refractivity contribution in [2.75, 3.05) is 13.1 Å². The summed E-state index contributed by atoms with van der Waals surface area (Å²) in [5.41, 5.74) is 0. The fraction of sp³-hybridized carbons (Fsp3) is 0.900. The third kappa shape index (κ3) is 5.64. The molecule has 0 spiro atoms. The van der Waals surface area contributed by atoms with Crippen LogP contribution in [0, 0.1) is 5.92 Å². The summed E-state index contributed by atoms with van der Waals surface area (Å²) in [6, 6.07) is 0.598. The molecule has 1 aliphatic carbocycles. The Morgan fingerprint density at radius 3 is 2.69 bits per heavy atom. The summed E-state index contributed by atoms with van der Waals surface area (Å²) in [6.07, 6.45) is 4.12. The van der Waals surface area contributed by atoms with E-state index >= 15 is 0 Å². The second-order valence-corrected chi connectivity index (χ2v) is 4.02. The molecule has 2 N–H and O–H groups in total. The molecular weight excluding hydrogens is 164 g/mol. The average molecular weight is 184 g/mol. The number of carbonyl (C=O) groups is 1. The van der Waals surface area contributed by atoms with Gasteiger partial charge in [-0.2, -0.15) is 0 Å². The first-order valence-corrected chi connectivity index (χ1v) is 5.16. The Bertz CT molecular complexity index is 166. The van der Waals surface area contributed by atoms with Crippen LogP contribution in [-0.4, -0.2) is 25.0 Å². The Kier molecular flexibility index (Phi) is 4.22. The van der Waals surface area contributed by atoms with Gasteiger partial charge in [-0.3, -0.25) is 4.79 Å². The molecule has 0 saturated heterocycles. The Morgan fingerprint density at radius 2 is 2.15 bits per heavy atom. The zero-order chi connectivity index (χ0) is 9.68. The van der Waals surface area contributed by atoms with Crippen LogP contribution in [0.1, 0.15) is 33.1 Å². The molecule has 0 aromatic heterocycles. The molecule has 0 aliphatic heterocycles. The predicted octanol–water partition coefficient (Wildman–Crippen LogP) is 0.901. The maximum absolute atomic E-state index is 10.5. The Morgan fingerprint density at radius 1 is 1.46 bits per heavy atom. The summed E-state index contributed by atoms with van der Waals surface area (Å²) in [6.45, 7) is 5.39. The maximum atomic E-state index is 10.5. The van der Waals surface area contributed by atoms with E-state index in [0.29, 0.717) is 6.04 Å². The minimum atomic E-state index is 0.0524. The first-order valence-electron chi connectivity index (χ1n) is 5.16. The molecule has 0 radical (unpaired) electrons. The van der Waals surface area contributed by atoms with Crippen molar-refractivity contribution < 1.29 is 4.79 Å². The van der Waals surface area contributed by atoms with Crippen LogP contribution in [-0.2, 0) is 4.79 Å². The molecule has 1 amide bonds. The molecule has 1 rings (SSSR count). The number of hydrogen-bond donors (Lipinski definition) is 2. The Labute approximate surface area is 80.3 Å². The molecule has 1 aliphatic rings. The molecular formula is C10H20N2O. The normalized spacial score (nSPS) is 18.3. The first-order chi connectivity index (χ1) is 6.18. The minimum Gasteiger partial charge on any atom is -0.355 e. The van der Waals surface area contributed by atoms with Crippen LogP contribution in [0.3, 0.4) is 0 Å². The van der Waals surface area contributed by atoms with E-state index in [4.69, 9.17) is 0 Å². The van der Waals surface area contributed by atoms with Crippen molar-refractivity contribution in [2.45, 2.75) is 39.2 Å². The largest absolute Gasteiger partial charge is 0.355 e. The number of amides is 1. The van der Waals surface area contributed by atoms with E-state index in [1.54, 1.807) is 6.92 Å². The van der Waals surface area contributed by atoms with Gasteiger partial charge in [-0.1, -0.05) is 12.8 Å². The standard InChI is InChI=1S/C10H20N2O/c1-8(7-10-3-4-10)11-5-6-12-9(2)13/h8,10-11H,3-7H2,1-2H3,(H,12,13). The fourth-order valence-corrected chi connectivity index (χ4v) is 1.49. The molecule has 0 bridgehead atoms. The topological polar surface area (TPSA) is 41.1 Å². The summed E-state index contributed by atoms with van der Waals surface area (Å²) in [5, 5.41) is 6.16. The molecule has 0 aromatic carbocycles. The molecule has 1 unspecified atom stereocenters. The van der Waals surface area contributed by atoms with Gasteiger partial charge >= 0.3 is 0 Å². The van der Waals surface area contributed by atoms with Crippen LogP contribution in [0.5, 0.6) is 0 Å². The minimum absolute atomic E-state index is 0.0524. The Hall–Kier alpha value is -0.570. The summed E-state index contributed by atoms with van der Waals surface area (Å²) >= 11 is 0. The quantitative estimate of drug-likeness (QED) is 0.602. The molecule has 3 nitrogen and oxygen atoms in total. The lowest BCUT2D eigenvalue weighted by Crippen LogP contribution is -2.35. The van der Waals surface area contributed by atoms with Crippen molar-refractivity contribution in [1.29, 1.82) is 0 Å². The van der Waals surface area contributed by atoms with Crippen LogP contribution >= 0.6 is 0 Å². The highest BCUT2D eigenvalue weighted by molar-refractivity contribution is 5.72. The monoisotopic (exact) mass is 184 g/mol. The van der Waals surface area contributed by atoms with Gasteiger partial charge in [0.05, 0.1) is 0 Å². The van der Waals surface area contributed by atoms with Crippen molar-refractivity contribution in [2.24, 2.45) is 5.92 Å². The van der Waals surface area contributed by atoms with Gasteiger partial charge in [-0.25, -0.2) is 0 Å². The van der Waals surface area contributed by atoms with E-state index < -0.39 is 0 Å². The lowest BCUT2D eigenvalue weighted by atomic mass is 10.1. The van der Waals surface area contributed by atoms with E-state index in [1.807, 2.05) is 0 Å². The first kappa shape index (κ1) is 10.5. The maximum Gasteiger partial charge on any atom is 0.216 e. The van der Waals surface area contributed by atoms with Crippen molar-refractivity contribution >= 4 is 5.91 Å². The smallest absolute Gasteiger partial charge is 0.216 e. The summed E-state index contributed by atoms with van der Waals surface area (Å²) in [4.78, 5) is 10.5. The van der Waals surface area contributed by atoms with Crippen molar-refractivity contribution in [3.8, 4) is 0 Å². The third-order valence-corrected chi connectivity index (χ3v) is 2.38. The summed E-state index contributed by atoms with van der Waals surface area (Å²) in [5.74, 6) is 1.03. The predicted molar refractivity (Wildman–Crippen MR) is 53.5 cm³/mol. The zero-order valence-corrected chi connectivity index (χ0v) is 8.60. The van der Waals surface area contributed by atoms with Gasteiger partial charge in [0.15, 0.2) is 0 Å².